The number of rotatable bonds is 2. The molecule has 108 valence electrons. The number of carbonyl (C=O) groups is 1. The second-order valence-corrected chi connectivity index (χ2v) is 6.01. The second-order valence-electron chi connectivity index (χ2n) is 4.88. The standard InChI is InChI=1S/C16H11F3OS/c17-11-6-13(18)16(14(19)7-11)9-1-2-12-10(8-20)3-4-21-15(12)5-9/h1-2,5-8,10H,3-4H2. The molecule has 2 aromatic rings. The first-order valence-electron chi connectivity index (χ1n) is 6.47. The molecule has 1 atom stereocenters. The van der Waals surface area contributed by atoms with Gasteiger partial charge in [0.15, 0.2) is 0 Å². The smallest absolute Gasteiger partial charge is 0.136 e. The van der Waals surface area contributed by atoms with E-state index in [0.717, 1.165) is 28.9 Å². The average molecular weight is 308 g/mol. The van der Waals surface area contributed by atoms with E-state index in [4.69, 9.17) is 0 Å². The van der Waals surface area contributed by atoms with Crippen LogP contribution in [0.5, 0.6) is 0 Å². The molecule has 21 heavy (non-hydrogen) atoms. The lowest BCUT2D eigenvalue weighted by Gasteiger charge is -2.21. The first-order chi connectivity index (χ1) is 10.1. The van der Waals surface area contributed by atoms with E-state index in [1.807, 2.05) is 0 Å². The number of halogens is 3. The van der Waals surface area contributed by atoms with Gasteiger partial charge in [-0.1, -0.05) is 12.1 Å². The predicted molar refractivity (Wildman–Crippen MR) is 75.9 cm³/mol. The molecule has 2 aromatic carbocycles. The molecule has 0 amide bonds. The number of benzene rings is 2. The maximum Gasteiger partial charge on any atom is 0.136 e. The summed E-state index contributed by atoms with van der Waals surface area (Å²) in [6.45, 7) is 0. The maximum atomic E-state index is 13.8. The molecule has 0 N–H and O–H groups in total. The highest BCUT2D eigenvalue weighted by molar-refractivity contribution is 7.99. The summed E-state index contributed by atoms with van der Waals surface area (Å²) in [6.07, 6.45) is 1.66. The third kappa shape index (κ3) is 2.58. The third-order valence-corrected chi connectivity index (χ3v) is 4.66. The average Bonchev–Trinajstić information content (AvgIpc) is 2.45. The van der Waals surface area contributed by atoms with Crippen molar-refractivity contribution in [2.75, 3.05) is 5.75 Å². The van der Waals surface area contributed by atoms with Crippen molar-refractivity contribution in [3.8, 4) is 11.1 Å². The summed E-state index contributed by atoms with van der Waals surface area (Å²) >= 11 is 1.55. The van der Waals surface area contributed by atoms with Gasteiger partial charge in [-0.05, 0) is 29.4 Å². The fourth-order valence-corrected chi connectivity index (χ4v) is 3.72. The molecule has 5 heteroatoms. The van der Waals surface area contributed by atoms with E-state index in [0.29, 0.717) is 17.7 Å². The molecular formula is C16H11F3OS. The van der Waals surface area contributed by atoms with Gasteiger partial charge in [-0.15, -0.1) is 11.8 Å². The van der Waals surface area contributed by atoms with E-state index in [1.165, 1.54) is 0 Å². The van der Waals surface area contributed by atoms with Crippen LogP contribution in [0.25, 0.3) is 11.1 Å². The molecular weight excluding hydrogens is 297 g/mol. The second kappa shape index (κ2) is 5.56. The van der Waals surface area contributed by atoms with Gasteiger partial charge in [0.05, 0.1) is 5.56 Å². The van der Waals surface area contributed by atoms with Gasteiger partial charge < -0.3 is 4.79 Å². The first-order valence-corrected chi connectivity index (χ1v) is 7.45. The molecule has 1 aliphatic rings. The zero-order valence-electron chi connectivity index (χ0n) is 10.9. The lowest BCUT2D eigenvalue weighted by atomic mass is 9.94. The maximum absolute atomic E-state index is 13.8. The Morgan fingerprint density at radius 3 is 2.48 bits per heavy atom. The van der Waals surface area contributed by atoms with Crippen LogP contribution in [0.1, 0.15) is 17.9 Å². The van der Waals surface area contributed by atoms with E-state index in [1.54, 1.807) is 30.0 Å². The molecule has 1 unspecified atom stereocenters. The van der Waals surface area contributed by atoms with Crippen molar-refractivity contribution in [3.63, 3.8) is 0 Å². The molecule has 1 nitrogen and oxygen atoms in total. The van der Waals surface area contributed by atoms with Crippen molar-refractivity contribution in [2.24, 2.45) is 0 Å². The van der Waals surface area contributed by atoms with Gasteiger partial charge in [0.25, 0.3) is 0 Å². The lowest BCUT2D eigenvalue weighted by Crippen LogP contribution is -2.08. The van der Waals surface area contributed by atoms with E-state index in [2.05, 4.69) is 0 Å². The Morgan fingerprint density at radius 2 is 1.81 bits per heavy atom. The van der Waals surface area contributed by atoms with Crippen LogP contribution in [0.4, 0.5) is 13.2 Å². The summed E-state index contributed by atoms with van der Waals surface area (Å²) in [5.74, 6) is -2.19. The van der Waals surface area contributed by atoms with Crippen molar-refractivity contribution >= 4 is 18.0 Å². The van der Waals surface area contributed by atoms with Crippen LogP contribution in [0, 0.1) is 17.5 Å². The molecule has 0 bridgehead atoms. The first kappa shape index (κ1) is 14.2. The van der Waals surface area contributed by atoms with Gasteiger partial charge in [0.2, 0.25) is 0 Å². The van der Waals surface area contributed by atoms with Gasteiger partial charge in [0, 0.05) is 22.9 Å². The van der Waals surface area contributed by atoms with Crippen LogP contribution in [-0.4, -0.2) is 12.0 Å². The highest BCUT2D eigenvalue weighted by Crippen LogP contribution is 2.39. The van der Waals surface area contributed by atoms with Crippen LogP contribution in [0.15, 0.2) is 35.2 Å². The van der Waals surface area contributed by atoms with Gasteiger partial charge in [-0.25, -0.2) is 13.2 Å². The van der Waals surface area contributed by atoms with E-state index in [9.17, 15) is 18.0 Å². The Labute approximate surface area is 124 Å². The Bertz CT molecular complexity index is 692. The van der Waals surface area contributed by atoms with Crippen LogP contribution >= 0.6 is 11.8 Å². The van der Waals surface area contributed by atoms with Gasteiger partial charge >= 0.3 is 0 Å². The Hall–Kier alpha value is -1.75. The van der Waals surface area contributed by atoms with Crippen molar-refractivity contribution in [1.82, 2.24) is 0 Å². The highest BCUT2D eigenvalue weighted by atomic mass is 32.2. The molecule has 0 saturated heterocycles. The molecule has 0 aliphatic carbocycles. The zero-order chi connectivity index (χ0) is 15.0. The third-order valence-electron chi connectivity index (χ3n) is 3.56. The summed E-state index contributed by atoms with van der Waals surface area (Å²) in [4.78, 5) is 11.9. The van der Waals surface area contributed by atoms with Crippen LogP contribution in [0.3, 0.4) is 0 Å². The molecule has 0 fully saturated rings. The molecule has 0 aromatic heterocycles. The molecule has 0 radical (unpaired) electrons. The van der Waals surface area contributed by atoms with Crippen LogP contribution in [0.2, 0.25) is 0 Å². The van der Waals surface area contributed by atoms with E-state index < -0.39 is 17.5 Å². The topological polar surface area (TPSA) is 17.1 Å². The van der Waals surface area contributed by atoms with Gasteiger partial charge in [-0.3, -0.25) is 0 Å². The van der Waals surface area contributed by atoms with Crippen LogP contribution < -0.4 is 0 Å². The fourth-order valence-electron chi connectivity index (χ4n) is 2.53. The van der Waals surface area contributed by atoms with Gasteiger partial charge in [0.1, 0.15) is 23.7 Å². The zero-order valence-corrected chi connectivity index (χ0v) is 11.7. The number of thioether (sulfide) groups is 1. The number of carbonyl (C=O) groups excluding carboxylic acids is 1. The number of aldehydes is 1. The number of fused-ring (bicyclic) bond motifs is 1. The molecule has 1 aliphatic heterocycles. The Kier molecular flexibility index (Phi) is 3.76. The SMILES string of the molecule is O=CC1CCSc2cc(-c3c(F)cc(F)cc3F)ccc21. The number of hydrogen-bond acceptors (Lipinski definition) is 2. The Morgan fingerprint density at radius 1 is 1.10 bits per heavy atom. The normalized spacial score (nSPS) is 17.4. The summed E-state index contributed by atoms with van der Waals surface area (Å²) in [7, 11) is 0. The minimum Gasteiger partial charge on any atom is -0.303 e. The summed E-state index contributed by atoms with van der Waals surface area (Å²) in [6, 6.07) is 6.28. The van der Waals surface area contributed by atoms with Crippen molar-refractivity contribution in [2.45, 2.75) is 17.2 Å². The summed E-state index contributed by atoms with van der Waals surface area (Å²) < 4.78 is 40.6. The minimum absolute atomic E-state index is 0.168. The summed E-state index contributed by atoms with van der Waals surface area (Å²) in [5.41, 5.74) is 0.990. The highest BCUT2D eigenvalue weighted by Gasteiger charge is 2.22. The van der Waals surface area contributed by atoms with Crippen molar-refractivity contribution in [1.29, 1.82) is 0 Å². The number of hydrogen-bond donors (Lipinski definition) is 0. The minimum atomic E-state index is -0.942. The molecule has 0 saturated carbocycles. The van der Waals surface area contributed by atoms with Crippen molar-refractivity contribution in [3.05, 3.63) is 53.3 Å². The molecule has 1 heterocycles. The van der Waals surface area contributed by atoms with E-state index in [-0.39, 0.29) is 11.5 Å². The predicted octanol–water partition coefficient (Wildman–Crippen LogP) is 4.55. The Balaban J connectivity index is 2.11. The monoisotopic (exact) mass is 308 g/mol. The van der Waals surface area contributed by atoms with Crippen molar-refractivity contribution < 1.29 is 18.0 Å². The molecule has 0 spiro atoms. The van der Waals surface area contributed by atoms with Crippen LogP contribution in [-0.2, 0) is 4.79 Å². The summed E-state index contributed by atoms with van der Waals surface area (Å²) in [5, 5.41) is 0. The quantitative estimate of drug-likeness (QED) is 0.757. The van der Waals surface area contributed by atoms with E-state index >= 15 is 0 Å². The molecule has 3 rings (SSSR count). The lowest BCUT2D eigenvalue weighted by molar-refractivity contribution is -0.109. The fraction of sp³-hybridized carbons (Fsp3) is 0.188. The largest absolute Gasteiger partial charge is 0.303 e. The van der Waals surface area contributed by atoms with Gasteiger partial charge in [-0.2, -0.15) is 0 Å².